The van der Waals surface area contributed by atoms with Gasteiger partial charge in [-0.25, -0.2) is 9.97 Å². The zero-order valence-electron chi connectivity index (χ0n) is 14.3. The summed E-state index contributed by atoms with van der Waals surface area (Å²) in [5.41, 5.74) is 2.80. The molecule has 2 heterocycles. The van der Waals surface area contributed by atoms with Crippen molar-refractivity contribution in [1.82, 2.24) is 19.7 Å². The van der Waals surface area contributed by atoms with Crippen molar-refractivity contribution in [3.8, 4) is 0 Å². The first-order valence-corrected chi connectivity index (χ1v) is 8.60. The van der Waals surface area contributed by atoms with Crippen LogP contribution in [-0.2, 0) is 18.3 Å². The Bertz CT molecular complexity index is 676. The fraction of sp³-hybridized carbons (Fsp3) is 0.500. The van der Waals surface area contributed by atoms with Crippen LogP contribution in [0.25, 0.3) is 0 Å². The van der Waals surface area contributed by atoms with Gasteiger partial charge in [-0.2, -0.15) is 5.10 Å². The second kappa shape index (κ2) is 7.59. The number of carbonyl (C=O) groups excluding carboxylic acids is 1. The van der Waals surface area contributed by atoms with Crippen molar-refractivity contribution >= 4 is 23.5 Å². The molecule has 2 aromatic heterocycles. The van der Waals surface area contributed by atoms with Crippen molar-refractivity contribution in [1.29, 1.82) is 0 Å². The zero-order chi connectivity index (χ0) is 17.0. The molecule has 0 radical (unpaired) electrons. The van der Waals surface area contributed by atoms with Gasteiger partial charge in [-0.1, -0.05) is 25.6 Å². The van der Waals surface area contributed by atoms with Crippen LogP contribution in [-0.4, -0.2) is 31.4 Å². The number of carbonyl (C=O) groups is 1. The van der Waals surface area contributed by atoms with Crippen molar-refractivity contribution in [2.45, 2.75) is 39.3 Å². The molecule has 6 nitrogen and oxygen atoms in total. The Morgan fingerprint density at radius 3 is 2.52 bits per heavy atom. The number of nitrogens with zero attached hydrogens (tertiary/aromatic N) is 4. The molecule has 1 amide bonds. The molecule has 0 aliphatic rings. The largest absolute Gasteiger partial charge is 0.310 e. The summed E-state index contributed by atoms with van der Waals surface area (Å²) in [5, 5.41) is 7.93. The molecule has 23 heavy (non-hydrogen) atoms. The average molecular weight is 333 g/mol. The SMILES string of the molecule is Cc1cc(C)nc(SCC(=O)Nc2cc(CC(C)C)nn2C)n1. The van der Waals surface area contributed by atoms with E-state index in [0.29, 0.717) is 16.9 Å². The quantitative estimate of drug-likeness (QED) is 0.650. The Balaban J connectivity index is 1.93. The van der Waals surface area contributed by atoms with Gasteiger partial charge in [0, 0.05) is 24.5 Å². The number of thioether (sulfide) groups is 1. The summed E-state index contributed by atoms with van der Waals surface area (Å²) in [7, 11) is 1.83. The summed E-state index contributed by atoms with van der Waals surface area (Å²) in [6.45, 7) is 8.14. The van der Waals surface area contributed by atoms with E-state index in [-0.39, 0.29) is 11.7 Å². The van der Waals surface area contributed by atoms with Crippen molar-refractivity contribution in [2.75, 3.05) is 11.1 Å². The Hall–Kier alpha value is -1.89. The zero-order valence-corrected chi connectivity index (χ0v) is 15.1. The van der Waals surface area contributed by atoms with Crippen LogP contribution in [0.2, 0.25) is 0 Å². The monoisotopic (exact) mass is 333 g/mol. The summed E-state index contributed by atoms with van der Waals surface area (Å²) in [4.78, 5) is 20.8. The van der Waals surface area contributed by atoms with E-state index in [1.54, 1.807) is 4.68 Å². The Kier molecular flexibility index (Phi) is 5.76. The van der Waals surface area contributed by atoms with Gasteiger partial charge < -0.3 is 5.32 Å². The lowest BCUT2D eigenvalue weighted by Gasteiger charge is -2.05. The predicted molar refractivity (Wildman–Crippen MR) is 92.6 cm³/mol. The molecule has 1 N–H and O–H groups in total. The topological polar surface area (TPSA) is 72.7 Å². The second-order valence-electron chi connectivity index (χ2n) is 6.01. The van der Waals surface area contributed by atoms with Crippen LogP contribution in [0, 0.1) is 19.8 Å². The van der Waals surface area contributed by atoms with E-state index in [9.17, 15) is 4.79 Å². The molecule has 0 bridgehead atoms. The normalized spacial score (nSPS) is 11.0. The smallest absolute Gasteiger partial charge is 0.235 e. The number of aryl methyl sites for hydroxylation is 3. The molecule has 124 valence electrons. The molecule has 7 heteroatoms. The highest BCUT2D eigenvalue weighted by molar-refractivity contribution is 7.99. The van der Waals surface area contributed by atoms with Crippen LogP contribution < -0.4 is 5.32 Å². The number of nitrogens with one attached hydrogen (secondary N) is 1. The van der Waals surface area contributed by atoms with E-state index in [1.165, 1.54) is 11.8 Å². The van der Waals surface area contributed by atoms with E-state index in [0.717, 1.165) is 23.5 Å². The molecule has 0 fully saturated rings. The highest BCUT2D eigenvalue weighted by Gasteiger charge is 2.11. The van der Waals surface area contributed by atoms with E-state index >= 15 is 0 Å². The van der Waals surface area contributed by atoms with Crippen LogP contribution in [0.1, 0.15) is 30.9 Å². The van der Waals surface area contributed by atoms with Gasteiger partial charge in [-0.05, 0) is 32.3 Å². The van der Waals surface area contributed by atoms with Gasteiger partial charge in [0.25, 0.3) is 0 Å². The van der Waals surface area contributed by atoms with Crippen LogP contribution in [0.3, 0.4) is 0 Å². The molecule has 2 aromatic rings. The molecular formula is C16H23N5OS. The van der Waals surface area contributed by atoms with Gasteiger partial charge in [0.2, 0.25) is 5.91 Å². The van der Waals surface area contributed by atoms with Crippen molar-refractivity contribution in [3.63, 3.8) is 0 Å². The highest BCUT2D eigenvalue weighted by atomic mass is 32.2. The molecule has 0 unspecified atom stereocenters. The van der Waals surface area contributed by atoms with Gasteiger partial charge in [-0.15, -0.1) is 0 Å². The van der Waals surface area contributed by atoms with Crippen LogP contribution >= 0.6 is 11.8 Å². The average Bonchev–Trinajstić information content (AvgIpc) is 2.74. The van der Waals surface area contributed by atoms with E-state index in [2.05, 4.69) is 34.2 Å². The lowest BCUT2D eigenvalue weighted by Crippen LogP contribution is -2.16. The summed E-state index contributed by atoms with van der Waals surface area (Å²) in [6.07, 6.45) is 0.898. The fourth-order valence-electron chi connectivity index (χ4n) is 2.23. The predicted octanol–water partition coefficient (Wildman–Crippen LogP) is 2.76. The van der Waals surface area contributed by atoms with Gasteiger partial charge in [0.05, 0.1) is 11.4 Å². The number of aromatic nitrogens is 4. The summed E-state index contributed by atoms with van der Waals surface area (Å²) < 4.78 is 1.70. The van der Waals surface area contributed by atoms with Crippen LogP contribution in [0.15, 0.2) is 17.3 Å². The van der Waals surface area contributed by atoms with E-state index < -0.39 is 0 Å². The number of anilines is 1. The highest BCUT2D eigenvalue weighted by Crippen LogP contribution is 2.16. The van der Waals surface area contributed by atoms with Crippen molar-refractivity contribution in [2.24, 2.45) is 13.0 Å². The minimum Gasteiger partial charge on any atom is -0.310 e. The number of amides is 1. The first kappa shape index (κ1) is 17.5. The Morgan fingerprint density at radius 2 is 1.91 bits per heavy atom. The molecule has 0 aliphatic heterocycles. The summed E-state index contributed by atoms with van der Waals surface area (Å²) in [5.74, 6) is 1.43. The van der Waals surface area contributed by atoms with Gasteiger partial charge in [-0.3, -0.25) is 9.48 Å². The molecule has 0 atom stereocenters. The van der Waals surface area contributed by atoms with Crippen LogP contribution in [0.5, 0.6) is 0 Å². The molecule has 0 aliphatic carbocycles. The molecule has 0 saturated carbocycles. The number of rotatable bonds is 6. The maximum atomic E-state index is 12.1. The molecular weight excluding hydrogens is 310 g/mol. The van der Waals surface area contributed by atoms with Crippen molar-refractivity contribution in [3.05, 3.63) is 29.2 Å². The van der Waals surface area contributed by atoms with Crippen molar-refractivity contribution < 1.29 is 4.79 Å². The molecule has 2 rings (SSSR count). The first-order valence-electron chi connectivity index (χ1n) is 7.61. The number of hydrogen-bond donors (Lipinski definition) is 1. The lowest BCUT2D eigenvalue weighted by atomic mass is 10.1. The lowest BCUT2D eigenvalue weighted by molar-refractivity contribution is -0.113. The minimum atomic E-state index is -0.0862. The number of hydrogen-bond acceptors (Lipinski definition) is 5. The third kappa shape index (κ3) is 5.35. The standard InChI is InChI=1S/C16H23N5OS/c1-10(2)6-13-8-14(21(5)20-13)19-15(22)9-23-16-17-11(3)7-12(4)18-16/h7-8,10H,6,9H2,1-5H3,(H,19,22). The molecule has 0 aromatic carbocycles. The third-order valence-corrected chi connectivity index (χ3v) is 3.96. The van der Waals surface area contributed by atoms with Gasteiger partial charge in [0.15, 0.2) is 5.16 Å². The van der Waals surface area contributed by atoms with E-state index in [1.807, 2.05) is 33.0 Å². The van der Waals surface area contributed by atoms with Crippen LogP contribution in [0.4, 0.5) is 5.82 Å². The third-order valence-electron chi connectivity index (χ3n) is 3.11. The summed E-state index contributed by atoms with van der Waals surface area (Å²) >= 11 is 1.34. The minimum absolute atomic E-state index is 0.0862. The molecule has 0 saturated heterocycles. The fourth-order valence-corrected chi connectivity index (χ4v) is 2.98. The van der Waals surface area contributed by atoms with E-state index in [4.69, 9.17) is 0 Å². The summed E-state index contributed by atoms with van der Waals surface area (Å²) in [6, 6.07) is 3.84. The van der Waals surface area contributed by atoms with Gasteiger partial charge >= 0.3 is 0 Å². The second-order valence-corrected chi connectivity index (χ2v) is 6.96. The maximum Gasteiger partial charge on any atom is 0.235 e. The Morgan fingerprint density at radius 1 is 1.26 bits per heavy atom. The Labute approximate surface area is 141 Å². The van der Waals surface area contributed by atoms with Gasteiger partial charge in [0.1, 0.15) is 5.82 Å². The first-order chi connectivity index (χ1) is 10.8. The molecule has 0 spiro atoms. The maximum absolute atomic E-state index is 12.1.